The number of hydrogen-bond acceptors (Lipinski definition) is 4. The quantitative estimate of drug-likeness (QED) is 0.645. The molecule has 2 N–H and O–H groups in total. The van der Waals surface area contributed by atoms with Gasteiger partial charge in [-0.1, -0.05) is 40.7 Å². The van der Waals surface area contributed by atoms with Crippen LogP contribution in [0, 0.1) is 11.3 Å². The number of likely N-dealkylation sites (N-methyl/N-ethyl adjacent to an activating group) is 2. The predicted molar refractivity (Wildman–Crippen MR) is 110 cm³/mol. The Morgan fingerprint density at radius 2 is 1.82 bits per heavy atom. The van der Waals surface area contributed by atoms with Crippen molar-refractivity contribution in [2.24, 2.45) is 11.3 Å². The topological polar surface area (TPSA) is 90.0 Å². The second kappa shape index (κ2) is 9.54. The third kappa shape index (κ3) is 6.06. The predicted octanol–water partition coefficient (Wildman–Crippen LogP) is 2.13. The molecule has 1 saturated heterocycles. The van der Waals surface area contributed by atoms with Crippen molar-refractivity contribution < 1.29 is 19.5 Å². The molecule has 0 aromatic heterocycles. The van der Waals surface area contributed by atoms with Gasteiger partial charge in [-0.3, -0.25) is 14.5 Å². The lowest BCUT2D eigenvalue weighted by atomic mass is 9.85. The molecule has 0 spiro atoms. The lowest BCUT2D eigenvalue weighted by molar-refractivity contribution is -0.141. The van der Waals surface area contributed by atoms with Gasteiger partial charge in [0, 0.05) is 12.6 Å². The van der Waals surface area contributed by atoms with Crippen LogP contribution in [0.5, 0.6) is 0 Å². The zero-order chi connectivity index (χ0) is 21.8. The van der Waals surface area contributed by atoms with Crippen LogP contribution in [0.2, 0.25) is 0 Å². The average Bonchev–Trinajstić information content (AvgIpc) is 3.00. The van der Waals surface area contributed by atoms with E-state index in [-0.39, 0.29) is 35.4 Å². The fourth-order valence-electron chi connectivity index (χ4n) is 3.56. The molecule has 1 heterocycles. The highest BCUT2D eigenvalue weighted by Crippen LogP contribution is 2.25. The van der Waals surface area contributed by atoms with E-state index in [0.717, 1.165) is 19.4 Å². The van der Waals surface area contributed by atoms with E-state index in [4.69, 9.17) is 0 Å². The third-order valence-corrected chi connectivity index (χ3v) is 5.46. The van der Waals surface area contributed by atoms with Crippen molar-refractivity contribution in [2.45, 2.75) is 72.5 Å². The van der Waals surface area contributed by atoms with Gasteiger partial charge in [-0.25, -0.2) is 4.79 Å². The minimum Gasteiger partial charge on any atom is -0.478 e. The first kappa shape index (κ1) is 24.1. The number of carboxylic acids is 1. The van der Waals surface area contributed by atoms with Gasteiger partial charge in [0.15, 0.2) is 0 Å². The molecule has 1 fully saturated rings. The van der Waals surface area contributed by atoms with Crippen LogP contribution in [-0.4, -0.2) is 71.5 Å². The van der Waals surface area contributed by atoms with E-state index in [1.165, 1.54) is 6.92 Å². The molecule has 0 aliphatic carbocycles. The molecule has 1 aliphatic heterocycles. The van der Waals surface area contributed by atoms with Gasteiger partial charge in [0.2, 0.25) is 11.8 Å². The fourth-order valence-corrected chi connectivity index (χ4v) is 3.56. The summed E-state index contributed by atoms with van der Waals surface area (Å²) in [6.45, 7) is 12.0. The Balaban J connectivity index is 3.09. The van der Waals surface area contributed by atoms with Gasteiger partial charge in [0.05, 0.1) is 12.1 Å². The number of nitrogens with one attached hydrogen (secondary N) is 1. The van der Waals surface area contributed by atoms with E-state index >= 15 is 0 Å². The Hall–Kier alpha value is -1.89. The molecule has 28 heavy (non-hydrogen) atoms. The van der Waals surface area contributed by atoms with Gasteiger partial charge in [0.1, 0.15) is 6.04 Å². The number of carbonyl (C=O) groups is 3. The van der Waals surface area contributed by atoms with Gasteiger partial charge >= 0.3 is 5.97 Å². The Bertz CT molecular complexity index is 622. The maximum atomic E-state index is 13.3. The van der Waals surface area contributed by atoms with Crippen molar-refractivity contribution in [2.75, 3.05) is 20.6 Å². The second-order valence-electron chi connectivity index (χ2n) is 9.28. The molecule has 0 bridgehead atoms. The summed E-state index contributed by atoms with van der Waals surface area (Å²) in [4.78, 5) is 40.9. The molecule has 160 valence electrons. The molecule has 0 saturated carbocycles. The number of nitrogens with zero attached hydrogens (tertiary/aromatic N) is 2. The maximum absolute atomic E-state index is 13.3. The van der Waals surface area contributed by atoms with Gasteiger partial charge in [-0.05, 0) is 44.7 Å². The number of carbonyl (C=O) groups excluding carboxylic acids is 2. The third-order valence-electron chi connectivity index (χ3n) is 5.46. The fraction of sp³-hybridized carbons (Fsp3) is 0.762. The smallest absolute Gasteiger partial charge is 0.331 e. The standard InChI is InChI=1S/C21H37N3O4/c1-13(2)16(12-14(3)20(27)28)24(8)19(26)17(21(4,5)6)22-18(25)15-10-9-11-23(15)7/h12-13,15-17H,9-11H2,1-8H3,(H,22,25)(H,27,28)/t15?,16-,17-/m1/s1. The molecular weight excluding hydrogens is 358 g/mol. The lowest BCUT2D eigenvalue weighted by Gasteiger charge is -2.38. The van der Waals surface area contributed by atoms with Gasteiger partial charge in [-0.15, -0.1) is 0 Å². The van der Waals surface area contributed by atoms with Gasteiger partial charge < -0.3 is 15.3 Å². The number of amides is 2. The largest absolute Gasteiger partial charge is 0.478 e. The van der Waals surface area contributed by atoms with Gasteiger partial charge in [0.25, 0.3) is 0 Å². The van der Waals surface area contributed by atoms with E-state index in [1.54, 1.807) is 18.0 Å². The highest BCUT2D eigenvalue weighted by molar-refractivity contribution is 5.91. The van der Waals surface area contributed by atoms with Crippen LogP contribution < -0.4 is 5.32 Å². The Labute approximate surface area is 169 Å². The van der Waals surface area contributed by atoms with Crippen LogP contribution >= 0.6 is 0 Å². The molecule has 7 heteroatoms. The summed E-state index contributed by atoms with van der Waals surface area (Å²) >= 11 is 0. The maximum Gasteiger partial charge on any atom is 0.331 e. The molecule has 1 rings (SSSR count). The molecule has 3 atom stereocenters. The van der Waals surface area contributed by atoms with Gasteiger partial charge in [-0.2, -0.15) is 0 Å². The molecule has 1 unspecified atom stereocenters. The molecule has 0 aromatic rings. The van der Waals surface area contributed by atoms with Crippen molar-refractivity contribution in [1.82, 2.24) is 15.1 Å². The SMILES string of the molecule is CC(=C[C@H](C(C)C)N(C)C(=O)[C@@H](NC(=O)C1CCCN1C)C(C)(C)C)C(=O)O. The first-order chi connectivity index (χ1) is 12.8. The summed E-state index contributed by atoms with van der Waals surface area (Å²) in [5.41, 5.74) is -0.284. The van der Waals surface area contributed by atoms with E-state index < -0.39 is 17.4 Å². The van der Waals surface area contributed by atoms with Crippen LogP contribution in [0.1, 0.15) is 54.4 Å². The lowest BCUT2D eigenvalue weighted by Crippen LogP contribution is -2.58. The van der Waals surface area contributed by atoms with Crippen molar-refractivity contribution in [1.29, 1.82) is 0 Å². The van der Waals surface area contributed by atoms with Crippen LogP contribution in [0.4, 0.5) is 0 Å². The van der Waals surface area contributed by atoms with Crippen LogP contribution in [0.25, 0.3) is 0 Å². The first-order valence-electron chi connectivity index (χ1n) is 9.96. The van der Waals surface area contributed by atoms with E-state index in [0.29, 0.717) is 0 Å². The number of hydrogen-bond donors (Lipinski definition) is 2. The highest BCUT2D eigenvalue weighted by atomic mass is 16.4. The number of aliphatic carboxylic acids is 1. The van der Waals surface area contributed by atoms with Crippen molar-refractivity contribution in [3.63, 3.8) is 0 Å². The van der Waals surface area contributed by atoms with Crippen molar-refractivity contribution in [3.8, 4) is 0 Å². The summed E-state index contributed by atoms with van der Waals surface area (Å²) in [6, 6.07) is -1.28. The Morgan fingerprint density at radius 1 is 1.25 bits per heavy atom. The van der Waals surface area contributed by atoms with Crippen LogP contribution in [-0.2, 0) is 14.4 Å². The molecule has 0 radical (unpaired) electrons. The molecule has 0 aromatic carbocycles. The normalized spacial score (nSPS) is 20.8. The van der Waals surface area contributed by atoms with Crippen molar-refractivity contribution in [3.05, 3.63) is 11.6 Å². The summed E-state index contributed by atoms with van der Waals surface area (Å²) in [5.74, 6) is -1.31. The monoisotopic (exact) mass is 395 g/mol. The first-order valence-corrected chi connectivity index (χ1v) is 9.96. The molecule has 7 nitrogen and oxygen atoms in total. The Morgan fingerprint density at radius 3 is 2.21 bits per heavy atom. The Kier molecular flexibility index (Phi) is 8.23. The van der Waals surface area contributed by atoms with Crippen LogP contribution in [0.15, 0.2) is 11.6 Å². The number of rotatable bonds is 7. The van der Waals surface area contributed by atoms with Crippen molar-refractivity contribution >= 4 is 17.8 Å². The van der Waals surface area contributed by atoms with E-state index in [9.17, 15) is 19.5 Å². The number of likely N-dealkylation sites (tertiary alicyclic amines) is 1. The van der Waals surface area contributed by atoms with E-state index in [1.807, 2.05) is 46.6 Å². The highest BCUT2D eigenvalue weighted by Gasteiger charge is 2.39. The van der Waals surface area contributed by atoms with E-state index in [2.05, 4.69) is 5.32 Å². The summed E-state index contributed by atoms with van der Waals surface area (Å²) in [5, 5.41) is 12.2. The van der Waals surface area contributed by atoms with Crippen LogP contribution in [0.3, 0.4) is 0 Å². The molecule has 2 amide bonds. The average molecular weight is 396 g/mol. The summed E-state index contributed by atoms with van der Waals surface area (Å²) in [6.07, 6.45) is 3.37. The molecule has 1 aliphatic rings. The summed E-state index contributed by atoms with van der Waals surface area (Å²) < 4.78 is 0. The minimum atomic E-state index is -1.00. The molecular formula is C21H37N3O4. The second-order valence-corrected chi connectivity index (χ2v) is 9.28. The zero-order valence-electron chi connectivity index (χ0n) is 18.6. The number of carboxylic acid groups (broad SMARTS) is 1. The minimum absolute atomic E-state index is 0.0283. The summed E-state index contributed by atoms with van der Waals surface area (Å²) in [7, 11) is 3.59. The zero-order valence-corrected chi connectivity index (χ0v) is 18.6.